The van der Waals surface area contributed by atoms with Crippen LogP contribution < -0.4 is 10.9 Å². The summed E-state index contributed by atoms with van der Waals surface area (Å²) in [6, 6.07) is 1.81. The zero-order valence-electron chi connectivity index (χ0n) is 12.7. The van der Waals surface area contributed by atoms with Crippen LogP contribution in [0.25, 0.3) is 21.8 Å². The van der Waals surface area contributed by atoms with Crippen LogP contribution in [0, 0.1) is 13.8 Å². The van der Waals surface area contributed by atoms with Gasteiger partial charge in [-0.3, -0.25) is 9.59 Å². The van der Waals surface area contributed by atoms with Crippen LogP contribution in [0.2, 0.25) is 0 Å². The number of hydrogen-bond acceptors (Lipinski definition) is 4. The molecule has 3 rings (SSSR count). The van der Waals surface area contributed by atoms with Gasteiger partial charge in [-0.25, -0.2) is 9.59 Å². The number of carboxylic acids is 2. The first-order chi connectivity index (χ1) is 11.2. The van der Waals surface area contributed by atoms with E-state index in [2.05, 4.69) is 9.97 Å². The molecule has 0 aliphatic carbocycles. The molecule has 0 fully saturated rings. The number of H-pyrrole nitrogens is 2. The van der Waals surface area contributed by atoms with E-state index in [9.17, 15) is 19.2 Å². The predicted molar refractivity (Wildman–Crippen MR) is 86.1 cm³/mol. The summed E-state index contributed by atoms with van der Waals surface area (Å²) >= 11 is 0. The predicted octanol–water partition coefficient (Wildman–Crippen LogP) is 1.38. The van der Waals surface area contributed by atoms with Gasteiger partial charge in [0.1, 0.15) is 11.4 Å². The Kier molecular flexibility index (Phi) is 3.26. The third kappa shape index (κ3) is 2.08. The second-order valence-corrected chi connectivity index (χ2v) is 5.45. The van der Waals surface area contributed by atoms with Gasteiger partial charge in [-0.2, -0.15) is 0 Å². The molecule has 2 heterocycles. The van der Waals surface area contributed by atoms with Crippen molar-refractivity contribution in [3.63, 3.8) is 0 Å². The van der Waals surface area contributed by atoms with Crippen LogP contribution in [-0.4, -0.2) is 32.1 Å². The molecule has 4 N–H and O–H groups in total. The summed E-state index contributed by atoms with van der Waals surface area (Å²) in [6.45, 7) is 3.31. The Labute approximate surface area is 133 Å². The fraction of sp³-hybridized carbons (Fsp3) is 0.125. The summed E-state index contributed by atoms with van der Waals surface area (Å²) in [5, 5.41) is 18.3. The first-order valence-electron chi connectivity index (χ1n) is 6.92. The van der Waals surface area contributed by atoms with E-state index in [1.54, 1.807) is 13.8 Å². The number of fused-ring (bicyclic) bond motifs is 3. The molecule has 0 bridgehead atoms. The van der Waals surface area contributed by atoms with E-state index in [1.165, 1.54) is 0 Å². The minimum atomic E-state index is -1.29. The van der Waals surface area contributed by atoms with E-state index in [4.69, 9.17) is 10.2 Å². The maximum absolute atomic E-state index is 12.4. The summed E-state index contributed by atoms with van der Waals surface area (Å²) in [6.07, 6.45) is 0. The minimum Gasteiger partial charge on any atom is -0.477 e. The highest BCUT2D eigenvalue weighted by molar-refractivity contribution is 6.09. The average Bonchev–Trinajstić information content (AvgIpc) is 2.51. The Morgan fingerprint density at radius 3 is 1.42 bits per heavy atom. The number of benzene rings is 1. The van der Waals surface area contributed by atoms with Gasteiger partial charge in [-0.1, -0.05) is 0 Å². The monoisotopic (exact) mass is 328 g/mol. The Bertz CT molecular complexity index is 1080. The third-order valence-electron chi connectivity index (χ3n) is 4.09. The van der Waals surface area contributed by atoms with E-state index in [0.29, 0.717) is 11.1 Å². The van der Waals surface area contributed by atoms with E-state index in [-0.39, 0.29) is 33.2 Å². The normalized spacial score (nSPS) is 11.1. The van der Waals surface area contributed by atoms with Crippen molar-refractivity contribution in [2.24, 2.45) is 0 Å². The molecule has 0 spiro atoms. The molecule has 1 aromatic carbocycles. The highest BCUT2D eigenvalue weighted by Crippen LogP contribution is 2.26. The van der Waals surface area contributed by atoms with Gasteiger partial charge >= 0.3 is 11.9 Å². The Morgan fingerprint density at radius 1 is 0.792 bits per heavy atom. The Hall–Kier alpha value is -3.42. The molecule has 122 valence electrons. The van der Waals surface area contributed by atoms with Gasteiger partial charge in [-0.15, -0.1) is 0 Å². The fourth-order valence-corrected chi connectivity index (χ4v) is 2.78. The Balaban J connectivity index is 2.66. The van der Waals surface area contributed by atoms with Gasteiger partial charge in [0.2, 0.25) is 0 Å². The first-order valence-corrected chi connectivity index (χ1v) is 6.92. The minimum absolute atomic E-state index is 0.0382. The molecule has 0 radical (unpaired) electrons. The fourth-order valence-electron chi connectivity index (χ4n) is 2.78. The summed E-state index contributed by atoms with van der Waals surface area (Å²) < 4.78 is 0. The number of aromatic carboxylic acids is 2. The Morgan fingerprint density at radius 2 is 1.12 bits per heavy atom. The quantitative estimate of drug-likeness (QED) is 0.524. The number of pyridine rings is 2. The van der Waals surface area contributed by atoms with Crippen LogP contribution in [-0.2, 0) is 0 Å². The van der Waals surface area contributed by atoms with Crippen molar-refractivity contribution in [2.75, 3.05) is 0 Å². The molecule has 2 aromatic heterocycles. The van der Waals surface area contributed by atoms with E-state index in [0.717, 1.165) is 12.1 Å². The number of aromatic amines is 2. The maximum Gasteiger partial charge on any atom is 0.352 e. The van der Waals surface area contributed by atoms with E-state index >= 15 is 0 Å². The summed E-state index contributed by atoms with van der Waals surface area (Å²) in [5.41, 5.74) is -0.213. The summed E-state index contributed by atoms with van der Waals surface area (Å²) in [4.78, 5) is 52.4. The number of aromatic nitrogens is 2. The molecule has 0 amide bonds. The highest BCUT2D eigenvalue weighted by Gasteiger charge is 2.19. The average molecular weight is 328 g/mol. The summed E-state index contributed by atoms with van der Waals surface area (Å²) in [5.74, 6) is -2.58. The van der Waals surface area contributed by atoms with E-state index < -0.39 is 22.8 Å². The standard InChI is InChI=1S/C16H12N2O6/c1-5-6(2)14-12(10(20)4-8(18-14)16(23)24)11-9(19)3-7(15(21)22)17-13(5)11/h3-4H,1-2H3,(H,17,19)(H,18,20)(H,21,22)(H,23,24). The van der Waals surface area contributed by atoms with Crippen LogP contribution in [0.4, 0.5) is 0 Å². The van der Waals surface area contributed by atoms with Crippen molar-refractivity contribution in [1.82, 2.24) is 9.97 Å². The molecular formula is C16H12N2O6. The molecule has 0 aliphatic rings. The molecule has 8 heteroatoms. The van der Waals surface area contributed by atoms with Gasteiger partial charge in [0, 0.05) is 12.1 Å². The van der Waals surface area contributed by atoms with Crippen LogP contribution in [0.1, 0.15) is 32.1 Å². The van der Waals surface area contributed by atoms with Crippen LogP contribution in [0.15, 0.2) is 21.7 Å². The molecule has 0 saturated heterocycles. The van der Waals surface area contributed by atoms with Crippen LogP contribution in [0.3, 0.4) is 0 Å². The van der Waals surface area contributed by atoms with Crippen LogP contribution >= 0.6 is 0 Å². The number of carbonyl (C=O) groups is 2. The van der Waals surface area contributed by atoms with Crippen molar-refractivity contribution in [3.8, 4) is 0 Å². The molecule has 0 aliphatic heterocycles. The number of rotatable bonds is 2. The number of hydrogen-bond donors (Lipinski definition) is 4. The lowest BCUT2D eigenvalue weighted by Crippen LogP contribution is -2.16. The topological polar surface area (TPSA) is 140 Å². The van der Waals surface area contributed by atoms with Gasteiger partial charge in [-0.05, 0) is 25.0 Å². The van der Waals surface area contributed by atoms with Gasteiger partial charge < -0.3 is 20.2 Å². The second kappa shape index (κ2) is 5.05. The zero-order valence-corrected chi connectivity index (χ0v) is 12.7. The molecular weight excluding hydrogens is 316 g/mol. The second-order valence-electron chi connectivity index (χ2n) is 5.45. The third-order valence-corrected chi connectivity index (χ3v) is 4.09. The number of aryl methyl sites for hydroxylation is 2. The highest BCUT2D eigenvalue weighted by atomic mass is 16.4. The molecule has 0 saturated carbocycles. The lowest BCUT2D eigenvalue weighted by molar-refractivity contribution is 0.0680. The smallest absolute Gasteiger partial charge is 0.352 e. The molecule has 24 heavy (non-hydrogen) atoms. The zero-order chi connectivity index (χ0) is 17.8. The summed E-state index contributed by atoms with van der Waals surface area (Å²) in [7, 11) is 0. The maximum atomic E-state index is 12.4. The van der Waals surface area contributed by atoms with Crippen molar-refractivity contribution >= 4 is 33.7 Å². The van der Waals surface area contributed by atoms with Crippen molar-refractivity contribution in [1.29, 1.82) is 0 Å². The largest absolute Gasteiger partial charge is 0.477 e. The van der Waals surface area contributed by atoms with Crippen molar-refractivity contribution in [3.05, 3.63) is 55.1 Å². The van der Waals surface area contributed by atoms with Gasteiger partial charge in [0.05, 0.1) is 21.8 Å². The first kappa shape index (κ1) is 15.5. The van der Waals surface area contributed by atoms with Crippen LogP contribution in [0.5, 0.6) is 0 Å². The van der Waals surface area contributed by atoms with Crippen molar-refractivity contribution < 1.29 is 19.8 Å². The number of carboxylic acid groups (broad SMARTS) is 2. The lowest BCUT2D eigenvalue weighted by atomic mass is 9.98. The molecule has 8 nitrogen and oxygen atoms in total. The lowest BCUT2D eigenvalue weighted by Gasteiger charge is -2.12. The number of nitrogens with one attached hydrogen (secondary N) is 2. The van der Waals surface area contributed by atoms with Gasteiger partial charge in [0.15, 0.2) is 10.9 Å². The van der Waals surface area contributed by atoms with Gasteiger partial charge in [0.25, 0.3) is 0 Å². The van der Waals surface area contributed by atoms with Crippen molar-refractivity contribution in [2.45, 2.75) is 13.8 Å². The molecule has 0 atom stereocenters. The SMILES string of the molecule is Cc1c(C)c2[nH]c(C(=O)O)cc(=O)c2c2c(=O)cc(C(=O)O)[nH]c12. The molecule has 3 aromatic rings. The molecule has 0 unspecified atom stereocenters. The van der Waals surface area contributed by atoms with E-state index in [1.807, 2.05) is 0 Å².